The van der Waals surface area contributed by atoms with Crippen molar-refractivity contribution in [1.29, 1.82) is 0 Å². The number of urea groups is 1. The largest absolute Gasteiger partial charge is 0.435 e. The summed E-state index contributed by atoms with van der Waals surface area (Å²) in [6.45, 7) is 2.28. The van der Waals surface area contributed by atoms with Crippen molar-refractivity contribution in [2.45, 2.75) is 32.5 Å². The number of hydrogen-bond donors (Lipinski definition) is 1. The Morgan fingerprint density at radius 3 is 2.31 bits per heavy atom. The Kier molecular flexibility index (Phi) is 7.28. The van der Waals surface area contributed by atoms with Gasteiger partial charge >= 0.3 is 12.6 Å². The zero-order chi connectivity index (χ0) is 25.7. The molecule has 1 fully saturated rings. The SMILES string of the molecule is CCN(Cc1ccccc1)c1ccc(C=NN2C(=O)NC(C)(c3ccc(OC(F)F)cc3)C2=O)cc1. The molecule has 36 heavy (non-hydrogen) atoms. The highest BCUT2D eigenvalue weighted by molar-refractivity contribution is 6.07. The third-order valence-electron chi connectivity index (χ3n) is 6.00. The number of alkyl halides is 2. The van der Waals surface area contributed by atoms with Crippen LogP contribution in [0.2, 0.25) is 0 Å². The van der Waals surface area contributed by atoms with E-state index >= 15 is 0 Å². The van der Waals surface area contributed by atoms with Gasteiger partial charge in [0.2, 0.25) is 0 Å². The zero-order valence-electron chi connectivity index (χ0n) is 19.9. The summed E-state index contributed by atoms with van der Waals surface area (Å²) in [7, 11) is 0. The Labute approximate surface area is 208 Å². The third kappa shape index (κ3) is 5.35. The lowest BCUT2D eigenvalue weighted by Crippen LogP contribution is -2.40. The van der Waals surface area contributed by atoms with E-state index in [0.717, 1.165) is 29.3 Å². The first kappa shape index (κ1) is 24.8. The Bertz CT molecular complexity index is 1230. The van der Waals surface area contributed by atoms with Crippen LogP contribution in [0.15, 0.2) is 84.0 Å². The number of rotatable bonds is 9. The van der Waals surface area contributed by atoms with Gasteiger partial charge in [-0.1, -0.05) is 54.6 Å². The Morgan fingerprint density at radius 2 is 1.69 bits per heavy atom. The lowest BCUT2D eigenvalue weighted by Gasteiger charge is -2.23. The van der Waals surface area contributed by atoms with E-state index in [0.29, 0.717) is 5.56 Å². The molecule has 1 aliphatic rings. The van der Waals surface area contributed by atoms with Gasteiger partial charge in [-0.05, 0) is 54.8 Å². The summed E-state index contributed by atoms with van der Waals surface area (Å²) < 4.78 is 29.1. The summed E-state index contributed by atoms with van der Waals surface area (Å²) in [6.07, 6.45) is 1.44. The summed E-state index contributed by atoms with van der Waals surface area (Å²) in [5.41, 5.74) is 2.00. The Hall–Kier alpha value is -4.27. The van der Waals surface area contributed by atoms with E-state index in [1.165, 1.54) is 43.0 Å². The van der Waals surface area contributed by atoms with Crippen molar-refractivity contribution in [3.63, 3.8) is 0 Å². The molecule has 7 nitrogen and oxygen atoms in total. The second-order valence-corrected chi connectivity index (χ2v) is 8.41. The van der Waals surface area contributed by atoms with Crippen LogP contribution in [0.1, 0.15) is 30.5 Å². The maximum absolute atomic E-state index is 13.0. The molecule has 0 aromatic heterocycles. The topological polar surface area (TPSA) is 74.2 Å². The Morgan fingerprint density at radius 1 is 1.03 bits per heavy atom. The van der Waals surface area contributed by atoms with E-state index < -0.39 is 24.1 Å². The molecule has 3 aromatic carbocycles. The van der Waals surface area contributed by atoms with Crippen LogP contribution in [0.3, 0.4) is 0 Å². The van der Waals surface area contributed by atoms with E-state index in [4.69, 9.17) is 0 Å². The average molecular weight is 493 g/mol. The summed E-state index contributed by atoms with van der Waals surface area (Å²) in [4.78, 5) is 27.8. The van der Waals surface area contributed by atoms with Crippen molar-refractivity contribution < 1.29 is 23.1 Å². The summed E-state index contributed by atoms with van der Waals surface area (Å²) in [6, 6.07) is 22.7. The first-order chi connectivity index (χ1) is 17.3. The fourth-order valence-electron chi connectivity index (χ4n) is 3.98. The standard InChI is InChI=1S/C27H26F2N4O3/c1-3-32(18-20-7-5-4-6-8-20)22-13-9-19(10-14-22)17-30-33-24(34)27(2,31-26(33)35)21-11-15-23(16-12-21)36-25(28)29/h4-17,25H,3,18H2,1-2H3,(H,31,35). The summed E-state index contributed by atoms with van der Waals surface area (Å²) in [5.74, 6) is -0.624. The van der Waals surface area contributed by atoms with Gasteiger partial charge in [-0.25, -0.2) is 4.79 Å². The first-order valence-electron chi connectivity index (χ1n) is 11.4. The van der Waals surface area contributed by atoms with Crippen LogP contribution in [0.4, 0.5) is 19.3 Å². The highest BCUT2D eigenvalue weighted by Crippen LogP contribution is 2.30. The van der Waals surface area contributed by atoms with Gasteiger partial charge in [-0.3, -0.25) is 4.79 Å². The minimum atomic E-state index is -2.95. The number of halogens is 2. The number of hydrogen-bond acceptors (Lipinski definition) is 5. The van der Waals surface area contributed by atoms with Crippen LogP contribution in [0.5, 0.6) is 5.75 Å². The van der Waals surface area contributed by atoms with Crippen LogP contribution < -0.4 is 15.0 Å². The molecule has 1 N–H and O–H groups in total. The number of anilines is 1. The van der Waals surface area contributed by atoms with Gasteiger partial charge in [0.05, 0.1) is 6.21 Å². The minimum absolute atomic E-state index is 0.0437. The monoisotopic (exact) mass is 492 g/mol. The summed E-state index contributed by atoms with van der Waals surface area (Å²) in [5, 5.41) is 7.50. The quantitative estimate of drug-likeness (QED) is 0.333. The van der Waals surface area contributed by atoms with E-state index in [9.17, 15) is 18.4 Å². The number of benzene rings is 3. The maximum atomic E-state index is 13.0. The van der Waals surface area contributed by atoms with E-state index in [1.54, 1.807) is 0 Å². The second-order valence-electron chi connectivity index (χ2n) is 8.41. The van der Waals surface area contributed by atoms with Crippen molar-refractivity contribution in [2.75, 3.05) is 11.4 Å². The number of ether oxygens (including phenoxy) is 1. The predicted octanol–water partition coefficient (Wildman–Crippen LogP) is 5.12. The van der Waals surface area contributed by atoms with Crippen LogP contribution in [-0.4, -0.2) is 36.3 Å². The van der Waals surface area contributed by atoms with Crippen molar-refractivity contribution in [2.24, 2.45) is 5.10 Å². The molecule has 0 spiro atoms. The van der Waals surface area contributed by atoms with Gasteiger partial charge in [0.1, 0.15) is 11.3 Å². The normalized spacial score (nSPS) is 17.6. The zero-order valence-corrected chi connectivity index (χ0v) is 19.9. The fraction of sp³-hybridized carbons (Fsp3) is 0.222. The molecule has 0 bridgehead atoms. The number of carbonyl (C=O) groups is 2. The second kappa shape index (κ2) is 10.6. The maximum Gasteiger partial charge on any atom is 0.387 e. The molecule has 0 radical (unpaired) electrons. The molecule has 1 unspecified atom stereocenters. The fourth-order valence-corrected chi connectivity index (χ4v) is 3.98. The van der Waals surface area contributed by atoms with Crippen LogP contribution in [0.25, 0.3) is 0 Å². The number of carbonyl (C=O) groups excluding carboxylic acids is 2. The molecule has 1 heterocycles. The number of imide groups is 1. The lowest BCUT2D eigenvalue weighted by molar-refractivity contribution is -0.131. The van der Waals surface area contributed by atoms with Crippen molar-refractivity contribution in [3.8, 4) is 5.75 Å². The van der Waals surface area contributed by atoms with Crippen molar-refractivity contribution in [3.05, 3.63) is 95.6 Å². The molecule has 9 heteroatoms. The molecular formula is C27H26F2N4O3. The number of nitrogens with one attached hydrogen (secondary N) is 1. The van der Waals surface area contributed by atoms with Crippen LogP contribution in [-0.2, 0) is 16.9 Å². The molecule has 0 saturated carbocycles. The lowest BCUT2D eigenvalue weighted by atomic mass is 9.92. The molecule has 4 rings (SSSR count). The predicted molar refractivity (Wildman–Crippen MR) is 133 cm³/mol. The third-order valence-corrected chi connectivity index (χ3v) is 6.00. The van der Waals surface area contributed by atoms with Gasteiger partial charge in [0, 0.05) is 18.8 Å². The van der Waals surface area contributed by atoms with Crippen LogP contribution in [0, 0.1) is 0 Å². The molecule has 3 aromatic rings. The number of hydrazone groups is 1. The van der Waals surface area contributed by atoms with Crippen molar-refractivity contribution in [1.82, 2.24) is 10.3 Å². The van der Waals surface area contributed by atoms with E-state index in [-0.39, 0.29) is 5.75 Å². The highest BCUT2D eigenvalue weighted by atomic mass is 19.3. The summed E-state index contributed by atoms with van der Waals surface area (Å²) >= 11 is 0. The van der Waals surface area contributed by atoms with E-state index in [1.807, 2.05) is 42.5 Å². The van der Waals surface area contributed by atoms with Gasteiger partial charge in [0.15, 0.2) is 0 Å². The number of amides is 3. The smallest absolute Gasteiger partial charge is 0.387 e. The molecular weight excluding hydrogens is 466 g/mol. The molecule has 0 aliphatic carbocycles. The van der Waals surface area contributed by atoms with Gasteiger partial charge < -0.3 is 15.0 Å². The minimum Gasteiger partial charge on any atom is -0.435 e. The molecule has 3 amide bonds. The van der Waals surface area contributed by atoms with Gasteiger partial charge in [-0.2, -0.15) is 13.9 Å². The first-order valence-corrected chi connectivity index (χ1v) is 11.4. The molecule has 186 valence electrons. The van der Waals surface area contributed by atoms with E-state index in [2.05, 4.69) is 39.1 Å². The van der Waals surface area contributed by atoms with Crippen molar-refractivity contribution >= 4 is 23.8 Å². The van der Waals surface area contributed by atoms with Gasteiger partial charge in [-0.15, -0.1) is 5.01 Å². The van der Waals surface area contributed by atoms with Gasteiger partial charge in [0.25, 0.3) is 5.91 Å². The Balaban J connectivity index is 1.45. The molecule has 1 saturated heterocycles. The highest BCUT2D eigenvalue weighted by Gasteiger charge is 2.49. The molecule has 1 atom stereocenters. The van der Waals surface area contributed by atoms with Crippen LogP contribution >= 0.6 is 0 Å². The number of nitrogens with zero attached hydrogens (tertiary/aromatic N) is 3. The average Bonchev–Trinajstić information content (AvgIpc) is 3.10. The molecule has 1 aliphatic heterocycles.